The van der Waals surface area contributed by atoms with Crippen LogP contribution < -0.4 is 5.32 Å². The number of hydrogen-bond acceptors (Lipinski definition) is 10. The van der Waals surface area contributed by atoms with E-state index in [2.05, 4.69) is 25.6 Å². The van der Waals surface area contributed by atoms with Crippen molar-refractivity contribution in [2.24, 2.45) is 5.92 Å². The van der Waals surface area contributed by atoms with Gasteiger partial charge in [-0.25, -0.2) is 0 Å². The number of halogens is 1. The predicted octanol–water partition coefficient (Wildman–Crippen LogP) is -0.142. The number of nitrogens with zero attached hydrogens (tertiary/aromatic N) is 5. The molecule has 1 saturated carbocycles. The monoisotopic (exact) mass is 464 g/mol. The minimum Gasteiger partial charge on any atom is -0.387 e. The number of anilines is 1. The van der Waals surface area contributed by atoms with Crippen LogP contribution in [0.1, 0.15) is 25.5 Å². The van der Waals surface area contributed by atoms with Gasteiger partial charge in [-0.15, -0.1) is 5.10 Å². The molecule has 30 heavy (non-hydrogen) atoms. The minimum absolute atomic E-state index is 0.0447. The molecule has 4 rings (SSSR count). The first-order chi connectivity index (χ1) is 14.2. The summed E-state index contributed by atoms with van der Waals surface area (Å²) in [6.45, 7) is 0.381. The molecule has 15 heteroatoms. The van der Waals surface area contributed by atoms with Crippen LogP contribution in [0.25, 0.3) is 11.2 Å². The second-order valence-corrected chi connectivity index (χ2v) is 9.36. The first kappa shape index (κ1) is 21.8. The number of fused-ring (bicyclic) bond motifs is 1. The van der Waals surface area contributed by atoms with Crippen LogP contribution in [0, 0.1) is 5.92 Å². The summed E-state index contributed by atoms with van der Waals surface area (Å²) >= 11 is 6.05. The van der Waals surface area contributed by atoms with E-state index in [9.17, 15) is 14.8 Å². The molecule has 1 aliphatic heterocycles. The summed E-state index contributed by atoms with van der Waals surface area (Å²) in [5.74, 6) is 0.977. The van der Waals surface area contributed by atoms with E-state index < -0.39 is 38.5 Å². The maximum Gasteiger partial charge on any atom is 0.350 e. The molecule has 1 saturated heterocycles. The highest BCUT2D eigenvalue weighted by atomic mass is 35.5. The molecule has 1 aliphatic carbocycles. The molecule has 2 aromatic rings. The number of aliphatic hydroxyl groups is 2. The van der Waals surface area contributed by atoms with Crippen molar-refractivity contribution in [3.8, 4) is 0 Å². The van der Waals surface area contributed by atoms with Gasteiger partial charge >= 0.3 is 7.60 Å². The lowest BCUT2D eigenvalue weighted by atomic mass is 9.85. The zero-order valence-corrected chi connectivity index (χ0v) is 17.4. The Morgan fingerprint density at radius 1 is 1.27 bits per heavy atom. The Morgan fingerprint density at radius 3 is 2.70 bits per heavy atom. The molecule has 0 amide bonds. The lowest BCUT2D eigenvalue weighted by Gasteiger charge is -2.25. The van der Waals surface area contributed by atoms with Crippen LogP contribution in [-0.4, -0.2) is 82.8 Å². The van der Waals surface area contributed by atoms with Gasteiger partial charge in [0.15, 0.2) is 23.2 Å². The van der Waals surface area contributed by atoms with Crippen molar-refractivity contribution in [2.45, 2.75) is 43.8 Å². The molecule has 2 fully saturated rings. The van der Waals surface area contributed by atoms with E-state index in [-0.39, 0.29) is 17.5 Å². The van der Waals surface area contributed by atoms with Crippen LogP contribution in [0.15, 0.2) is 0 Å². The predicted molar refractivity (Wildman–Crippen MR) is 103 cm³/mol. The van der Waals surface area contributed by atoms with Crippen molar-refractivity contribution >= 4 is 36.2 Å². The van der Waals surface area contributed by atoms with E-state index in [0.29, 0.717) is 17.3 Å². The summed E-state index contributed by atoms with van der Waals surface area (Å²) in [7, 11) is -4.36. The van der Waals surface area contributed by atoms with Crippen LogP contribution in [-0.2, 0) is 14.0 Å². The van der Waals surface area contributed by atoms with E-state index in [4.69, 9.17) is 30.9 Å². The van der Waals surface area contributed by atoms with Gasteiger partial charge in [0.2, 0.25) is 5.28 Å². The summed E-state index contributed by atoms with van der Waals surface area (Å²) in [5, 5.41) is 31.9. The summed E-state index contributed by atoms with van der Waals surface area (Å²) in [5.41, 5.74) is 0.546. The molecule has 4 atom stereocenters. The van der Waals surface area contributed by atoms with Gasteiger partial charge in [-0.05, 0) is 30.4 Å². The quantitative estimate of drug-likeness (QED) is 0.257. The Balaban J connectivity index is 1.52. The largest absolute Gasteiger partial charge is 0.387 e. The number of ether oxygens (including phenoxy) is 2. The van der Waals surface area contributed by atoms with Gasteiger partial charge in [-0.1, -0.05) is 11.6 Å². The Hall–Kier alpha value is -1.44. The van der Waals surface area contributed by atoms with Gasteiger partial charge in [0, 0.05) is 6.54 Å². The maximum absolute atomic E-state index is 10.9. The van der Waals surface area contributed by atoms with E-state index in [1.165, 1.54) is 11.1 Å². The van der Waals surface area contributed by atoms with E-state index in [1.54, 1.807) is 0 Å². The Kier molecular flexibility index (Phi) is 6.24. The first-order valence-electron chi connectivity index (χ1n) is 9.39. The summed E-state index contributed by atoms with van der Waals surface area (Å²) < 4.78 is 22.6. The Bertz CT molecular complexity index is 953. The molecule has 0 unspecified atom stereocenters. The van der Waals surface area contributed by atoms with Crippen molar-refractivity contribution < 1.29 is 34.0 Å². The molecule has 13 nitrogen and oxygen atoms in total. The summed E-state index contributed by atoms with van der Waals surface area (Å²) in [4.78, 5) is 26.0. The highest BCUT2D eigenvalue weighted by Crippen LogP contribution is 2.36. The molecule has 166 valence electrons. The second-order valence-electron chi connectivity index (χ2n) is 7.44. The van der Waals surface area contributed by atoms with Gasteiger partial charge in [0.25, 0.3) is 0 Å². The van der Waals surface area contributed by atoms with Crippen molar-refractivity contribution in [3.63, 3.8) is 0 Å². The van der Waals surface area contributed by atoms with Crippen molar-refractivity contribution in [1.29, 1.82) is 0 Å². The highest BCUT2D eigenvalue weighted by molar-refractivity contribution is 7.51. The summed E-state index contributed by atoms with van der Waals surface area (Å²) in [6.07, 6.45) is -2.30. The fourth-order valence-electron chi connectivity index (χ4n) is 3.39. The zero-order valence-electron chi connectivity index (χ0n) is 15.7. The maximum atomic E-state index is 10.9. The topological polar surface area (TPSA) is 185 Å². The fraction of sp³-hybridized carbons (Fsp3) is 0.733. The summed E-state index contributed by atoms with van der Waals surface area (Å²) in [6, 6.07) is 0. The average Bonchev–Trinajstić information content (AvgIpc) is 3.15. The van der Waals surface area contributed by atoms with Crippen LogP contribution in [0.4, 0.5) is 5.82 Å². The van der Waals surface area contributed by atoms with E-state index in [1.807, 2.05) is 0 Å². The number of rotatable bonds is 8. The minimum atomic E-state index is -4.36. The van der Waals surface area contributed by atoms with Crippen LogP contribution >= 0.6 is 19.2 Å². The van der Waals surface area contributed by atoms with E-state index >= 15 is 0 Å². The van der Waals surface area contributed by atoms with Gasteiger partial charge in [-0.3, -0.25) is 4.57 Å². The number of aromatic nitrogens is 5. The third-order valence-corrected chi connectivity index (χ3v) is 5.89. The zero-order chi connectivity index (χ0) is 21.5. The fourth-order valence-corrected chi connectivity index (χ4v) is 3.90. The van der Waals surface area contributed by atoms with Crippen molar-refractivity contribution in [2.75, 3.05) is 24.8 Å². The molecule has 0 spiro atoms. The average molecular weight is 465 g/mol. The number of nitrogens with one attached hydrogen (secondary N) is 1. The molecule has 0 bridgehead atoms. The normalized spacial score (nSPS) is 27.5. The lowest BCUT2D eigenvalue weighted by molar-refractivity contribution is -0.0665. The molecule has 0 aromatic carbocycles. The van der Waals surface area contributed by atoms with Crippen LogP contribution in [0.5, 0.6) is 0 Å². The number of aliphatic hydroxyl groups excluding tert-OH is 2. The molecule has 2 aromatic heterocycles. The highest BCUT2D eigenvalue weighted by Gasteiger charge is 2.45. The molecular formula is C15H22ClN6O7P. The van der Waals surface area contributed by atoms with Gasteiger partial charge < -0.3 is 34.8 Å². The molecule has 3 heterocycles. The third-order valence-electron chi connectivity index (χ3n) is 5.20. The molecule has 5 N–H and O–H groups in total. The second kappa shape index (κ2) is 8.60. The van der Waals surface area contributed by atoms with Crippen molar-refractivity contribution in [1.82, 2.24) is 25.0 Å². The Labute approximate surface area is 175 Å². The first-order valence-corrected chi connectivity index (χ1v) is 11.6. The Morgan fingerprint density at radius 2 is 2.03 bits per heavy atom. The molecule has 2 aliphatic rings. The SMILES string of the molecule is O=P(O)(O)COC[C@H]1O[C@@H](n2nnc3c(NCC4CCC4)nc(Cl)nc32)[C@H](O)[C@@H]1O. The van der Waals surface area contributed by atoms with Crippen molar-refractivity contribution in [3.05, 3.63) is 5.28 Å². The standard InChI is InChI=1S/C15H22ClN6O7P/c16-15-18-12(17-4-7-2-1-3-7)9-13(19-15)22(21-20-9)14-11(24)10(23)8(29-14)5-28-6-30(25,26)27/h7-8,10-11,14,23-24H,1-6H2,(H,17,18,19)(H2,25,26,27)/t8-,10-,11-,14-/m1/s1. The van der Waals surface area contributed by atoms with Crippen LogP contribution in [0.2, 0.25) is 5.28 Å². The van der Waals surface area contributed by atoms with Gasteiger partial charge in [0.1, 0.15) is 24.7 Å². The molecular weight excluding hydrogens is 443 g/mol. The van der Waals surface area contributed by atoms with Gasteiger partial charge in [-0.2, -0.15) is 14.6 Å². The number of hydrogen-bond donors (Lipinski definition) is 5. The molecule has 0 radical (unpaired) electrons. The smallest absolute Gasteiger partial charge is 0.350 e. The van der Waals surface area contributed by atoms with Crippen LogP contribution in [0.3, 0.4) is 0 Å². The van der Waals surface area contributed by atoms with Gasteiger partial charge in [0.05, 0.1) is 6.61 Å². The lowest BCUT2D eigenvalue weighted by Crippen LogP contribution is -2.34. The van der Waals surface area contributed by atoms with E-state index in [0.717, 1.165) is 19.4 Å². The third kappa shape index (κ3) is 4.58.